The average molecular weight is 449 g/mol. The number of rotatable bonds is 6. The molecule has 4 nitrogen and oxygen atoms in total. The summed E-state index contributed by atoms with van der Waals surface area (Å²) in [6.07, 6.45) is 5.26. The van der Waals surface area contributed by atoms with Crippen LogP contribution < -0.4 is 10.6 Å². The van der Waals surface area contributed by atoms with Crippen LogP contribution in [0.2, 0.25) is 0 Å². The van der Waals surface area contributed by atoms with Crippen molar-refractivity contribution in [3.05, 3.63) is 35.6 Å². The van der Waals surface area contributed by atoms with Gasteiger partial charge < -0.3 is 15.7 Å². The number of halogens is 2. The molecule has 0 saturated heterocycles. The van der Waals surface area contributed by atoms with Crippen molar-refractivity contribution in [1.29, 1.82) is 0 Å². The second-order valence-electron chi connectivity index (χ2n) is 6.14. The molecular weight excluding hydrogens is 420 g/mol. The van der Waals surface area contributed by atoms with Crippen molar-refractivity contribution < 1.29 is 9.50 Å². The highest BCUT2D eigenvalue weighted by Crippen LogP contribution is 2.18. The molecule has 1 aliphatic rings. The zero-order chi connectivity index (χ0) is 16.5. The lowest BCUT2D eigenvalue weighted by molar-refractivity contribution is 0.120. The summed E-state index contributed by atoms with van der Waals surface area (Å²) in [5.41, 5.74) is 1.01. The van der Waals surface area contributed by atoms with Crippen LogP contribution in [0.1, 0.15) is 44.6 Å². The largest absolute Gasteiger partial charge is 0.393 e. The lowest BCUT2D eigenvalue weighted by Crippen LogP contribution is -2.45. The van der Waals surface area contributed by atoms with E-state index in [9.17, 15) is 9.50 Å². The molecule has 6 heteroatoms. The third-order valence-corrected chi connectivity index (χ3v) is 4.16. The number of nitrogens with zero attached hydrogens (tertiary/aromatic N) is 1. The molecule has 1 saturated carbocycles. The summed E-state index contributed by atoms with van der Waals surface area (Å²) in [5.74, 6) is 0.661. The average Bonchev–Trinajstić information content (AvgIpc) is 2.54. The van der Waals surface area contributed by atoms with Gasteiger partial charge in [0.25, 0.3) is 0 Å². The fourth-order valence-corrected chi connectivity index (χ4v) is 2.90. The summed E-state index contributed by atoms with van der Waals surface area (Å²) < 4.78 is 13.1. The molecule has 1 aromatic rings. The summed E-state index contributed by atoms with van der Waals surface area (Å²) in [7, 11) is 0. The summed E-state index contributed by atoms with van der Waals surface area (Å²) in [5, 5.41) is 16.3. The molecule has 2 rings (SSSR count). The summed E-state index contributed by atoms with van der Waals surface area (Å²) >= 11 is 0. The fraction of sp³-hybridized carbons (Fsp3) is 0.611. The molecule has 24 heavy (non-hydrogen) atoms. The summed E-state index contributed by atoms with van der Waals surface area (Å²) in [6.45, 7) is 3.58. The number of nitrogens with one attached hydrogen (secondary N) is 2. The molecule has 0 amide bonds. The fourth-order valence-electron chi connectivity index (χ4n) is 2.90. The molecule has 0 heterocycles. The Hall–Kier alpha value is -0.890. The Morgan fingerprint density at radius 2 is 2.04 bits per heavy atom. The molecule has 1 aliphatic carbocycles. The van der Waals surface area contributed by atoms with Gasteiger partial charge in [-0.25, -0.2) is 4.39 Å². The smallest absolute Gasteiger partial charge is 0.191 e. The third kappa shape index (κ3) is 7.79. The lowest BCUT2D eigenvalue weighted by Gasteiger charge is -2.27. The van der Waals surface area contributed by atoms with Crippen LogP contribution in [0.5, 0.6) is 0 Å². The normalized spacial score (nSPS) is 21.0. The molecule has 0 spiro atoms. The van der Waals surface area contributed by atoms with E-state index in [-0.39, 0.29) is 35.9 Å². The Morgan fingerprint density at radius 3 is 2.71 bits per heavy atom. The first-order valence-electron chi connectivity index (χ1n) is 8.64. The second-order valence-corrected chi connectivity index (χ2v) is 6.14. The third-order valence-electron chi connectivity index (χ3n) is 4.16. The molecule has 1 fully saturated rings. The number of aryl methyl sites for hydroxylation is 1. The van der Waals surface area contributed by atoms with Gasteiger partial charge in [0.15, 0.2) is 5.96 Å². The van der Waals surface area contributed by atoms with Crippen LogP contribution in [-0.2, 0) is 6.42 Å². The van der Waals surface area contributed by atoms with Crippen molar-refractivity contribution in [1.82, 2.24) is 10.6 Å². The predicted molar refractivity (Wildman–Crippen MR) is 108 cm³/mol. The van der Waals surface area contributed by atoms with Crippen molar-refractivity contribution in [3.63, 3.8) is 0 Å². The first-order valence-corrected chi connectivity index (χ1v) is 8.64. The first kappa shape index (κ1) is 21.2. The first-order chi connectivity index (χ1) is 11.2. The van der Waals surface area contributed by atoms with Crippen molar-refractivity contribution in [2.45, 2.75) is 57.6 Å². The minimum atomic E-state index is -0.180. The number of aliphatic imine (C=N–C) groups is 1. The molecule has 0 unspecified atom stereocenters. The maximum absolute atomic E-state index is 13.1. The van der Waals surface area contributed by atoms with Crippen molar-refractivity contribution in [3.8, 4) is 0 Å². The van der Waals surface area contributed by atoms with Gasteiger partial charge in [-0.2, -0.15) is 0 Å². The van der Waals surface area contributed by atoms with Crippen LogP contribution >= 0.6 is 24.0 Å². The van der Waals surface area contributed by atoms with E-state index in [4.69, 9.17) is 0 Å². The molecule has 0 aromatic heterocycles. The second kappa shape index (κ2) is 11.6. The SMILES string of the molecule is CCNC(=NCCCc1cccc(F)c1)NC1CCC(O)CC1.I. The van der Waals surface area contributed by atoms with Gasteiger partial charge in [0.05, 0.1) is 6.10 Å². The lowest BCUT2D eigenvalue weighted by atomic mass is 9.93. The van der Waals surface area contributed by atoms with E-state index < -0.39 is 0 Å². The standard InChI is InChI=1S/C18H28FN3O.HI/c1-2-20-18(22-16-8-10-17(23)11-9-16)21-12-4-6-14-5-3-7-15(19)13-14;/h3,5,7,13,16-17,23H,2,4,6,8-12H2,1H3,(H2,20,21,22);1H. The van der Waals surface area contributed by atoms with Gasteiger partial charge in [-0.05, 0) is 63.1 Å². The number of hydrogen-bond acceptors (Lipinski definition) is 2. The quantitative estimate of drug-likeness (QED) is 0.271. The van der Waals surface area contributed by atoms with E-state index in [2.05, 4.69) is 22.5 Å². The van der Waals surface area contributed by atoms with Crippen LogP contribution in [-0.4, -0.2) is 36.3 Å². The van der Waals surface area contributed by atoms with Gasteiger partial charge in [-0.15, -0.1) is 24.0 Å². The van der Waals surface area contributed by atoms with Crippen molar-refractivity contribution in [2.75, 3.05) is 13.1 Å². The maximum Gasteiger partial charge on any atom is 0.191 e. The van der Waals surface area contributed by atoms with E-state index in [0.717, 1.165) is 56.6 Å². The molecule has 0 radical (unpaired) electrons. The number of benzene rings is 1. The number of hydrogen-bond donors (Lipinski definition) is 3. The maximum atomic E-state index is 13.1. The summed E-state index contributed by atoms with van der Waals surface area (Å²) in [4.78, 5) is 4.60. The Bertz CT molecular complexity index is 505. The van der Waals surface area contributed by atoms with E-state index >= 15 is 0 Å². The molecule has 0 aliphatic heterocycles. The van der Waals surface area contributed by atoms with Crippen LogP contribution in [0.25, 0.3) is 0 Å². The molecule has 0 atom stereocenters. The van der Waals surface area contributed by atoms with Crippen molar-refractivity contribution in [2.24, 2.45) is 4.99 Å². The molecule has 0 bridgehead atoms. The highest BCUT2D eigenvalue weighted by molar-refractivity contribution is 14.0. The molecular formula is C18H29FIN3O. The van der Waals surface area contributed by atoms with Gasteiger partial charge in [0.2, 0.25) is 0 Å². The van der Waals surface area contributed by atoms with Crippen LogP contribution in [0.3, 0.4) is 0 Å². The topological polar surface area (TPSA) is 56.7 Å². The van der Waals surface area contributed by atoms with Crippen LogP contribution in [0.4, 0.5) is 4.39 Å². The minimum Gasteiger partial charge on any atom is -0.393 e. The number of aliphatic hydroxyl groups excluding tert-OH is 1. The summed E-state index contributed by atoms with van der Waals surface area (Å²) in [6, 6.07) is 7.14. The Morgan fingerprint density at radius 1 is 1.29 bits per heavy atom. The van der Waals surface area contributed by atoms with E-state index in [0.29, 0.717) is 12.6 Å². The van der Waals surface area contributed by atoms with Gasteiger partial charge >= 0.3 is 0 Å². The molecule has 1 aromatic carbocycles. The molecule has 3 N–H and O–H groups in total. The monoisotopic (exact) mass is 449 g/mol. The Labute approximate surface area is 161 Å². The Balaban J connectivity index is 0.00000288. The van der Waals surface area contributed by atoms with E-state index in [1.54, 1.807) is 12.1 Å². The Kier molecular flexibility index (Phi) is 10.2. The van der Waals surface area contributed by atoms with Gasteiger partial charge in [0.1, 0.15) is 5.82 Å². The highest BCUT2D eigenvalue weighted by Gasteiger charge is 2.19. The number of guanidine groups is 1. The number of aliphatic hydroxyl groups is 1. The van der Waals surface area contributed by atoms with Crippen LogP contribution in [0, 0.1) is 5.82 Å². The van der Waals surface area contributed by atoms with Gasteiger partial charge in [-0.3, -0.25) is 4.99 Å². The van der Waals surface area contributed by atoms with Gasteiger partial charge in [0, 0.05) is 19.1 Å². The van der Waals surface area contributed by atoms with E-state index in [1.165, 1.54) is 6.07 Å². The van der Waals surface area contributed by atoms with E-state index in [1.807, 2.05) is 6.07 Å². The minimum absolute atomic E-state index is 0. The molecule has 136 valence electrons. The zero-order valence-corrected chi connectivity index (χ0v) is 16.6. The van der Waals surface area contributed by atoms with Gasteiger partial charge in [-0.1, -0.05) is 12.1 Å². The zero-order valence-electron chi connectivity index (χ0n) is 14.3. The van der Waals surface area contributed by atoms with Crippen molar-refractivity contribution >= 4 is 29.9 Å². The predicted octanol–water partition coefficient (Wildman–Crippen LogP) is 3.23. The van der Waals surface area contributed by atoms with Crippen LogP contribution in [0.15, 0.2) is 29.3 Å². The highest BCUT2D eigenvalue weighted by atomic mass is 127.